The van der Waals surface area contributed by atoms with E-state index in [-0.39, 0.29) is 6.16 Å². The highest BCUT2D eigenvalue weighted by Crippen LogP contribution is 2.17. The molecule has 48 valence electrons. The minimum Gasteiger partial charge on any atom is -0.481 e. The van der Waals surface area contributed by atoms with Gasteiger partial charge in [0.1, 0.15) is 0 Å². The van der Waals surface area contributed by atoms with Crippen LogP contribution in [0.3, 0.4) is 0 Å². The van der Waals surface area contributed by atoms with Crippen LogP contribution >= 0.6 is 7.80 Å². The topological polar surface area (TPSA) is 54.4 Å². The molecule has 0 aliphatic heterocycles. The van der Waals surface area contributed by atoms with E-state index < -0.39 is 13.8 Å². The maximum atomic E-state index is 10.4. The van der Waals surface area contributed by atoms with Gasteiger partial charge in [-0.25, -0.2) is 0 Å². The highest BCUT2D eigenvalue weighted by molar-refractivity contribution is 7.45. The van der Waals surface area contributed by atoms with Crippen LogP contribution in [0, 0.1) is 0 Å². The summed E-state index contributed by atoms with van der Waals surface area (Å²) in [5.74, 6) is -0.962. The third kappa shape index (κ3) is 3.88. The normalized spacial score (nSPS) is 13.1. The van der Waals surface area contributed by atoms with Crippen LogP contribution in [-0.4, -0.2) is 23.4 Å². The molecular formula is C4H9O3P. The molecule has 4 heteroatoms. The molecule has 1 atom stereocenters. The molecule has 0 heterocycles. The minimum atomic E-state index is -1.78. The molecule has 0 aromatic rings. The number of aliphatic carboxylic acids is 1. The van der Waals surface area contributed by atoms with Gasteiger partial charge in [0.25, 0.3) is 0 Å². The van der Waals surface area contributed by atoms with Crippen molar-refractivity contribution in [3.8, 4) is 0 Å². The minimum absolute atomic E-state index is 0.152. The van der Waals surface area contributed by atoms with Crippen molar-refractivity contribution in [3.05, 3.63) is 0 Å². The van der Waals surface area contributed by atoms with Gasteiger partial charge in [-0.15, -0.1) is 0 Å². The van der Waals surface area contributed by atoms with Crippen molar-refractivity contribution >= 4 is 13.8 Å². The van der Waals surface area contributed by atoms with Crippen molar-refractivity contribution in [2.24, 2.45) is 0 Å². The Hall–Kier alpha value is -0.300. The summed E-state index contributed by atoms with van der Waals surface area (Å²) in [5.41, 5.74) is 0. The SMILES string of the molecule is CC[PH](=O)CC(=O)O. The van der Waals surface area contributed by atoms with Gasteiger partial charge in [-0.2, -0.15) is 0 Å². The summed E-state index contributed by atoms with van der Waals surface area (Å²) < 4.78 is 10.4. The molecule has 0 aliphatic carbocycles. The summed E-state index contributed by atoms with van der Waals surface area (Å²) in [4.78, 5) is 9.79. The molecule has 0 rings (SSSR count). The standard InChI is InChI=1S/C4H9O3P/c1-2-8(7)3-4(5)6/h8H,2-3H2,1H3,(H,5,6). The maximum absolute atomic E-state index is 10.4. The van der Waals surface area contributed by atoms with Crippen molar-refractivity contribution in [2.45, 2.75) is 6.92 Å². The Morgan fingerprint density at radius 2 is 2.25 bits per heavy atom. The fourth-order valence-electron chi connectivity index (χ4n) is 0.294. The summed E-state index contributed by atoms with van der Waals surface area (Å²) in [6.07, 6.45) is 0.345. The second-order valence-electron chi connectivity index (χ2n) is 1.46. The van der Waals surface area contributed by atoms with Crippen molar-refractivity contribution < 1.29 is 14.5 Å². The lowest BCUT2D eigenvalue weighted by molar-refractivity contribution is -0.134. The molecule has 1 unspecified atom stereocenters. The summed E-state index contributed by atoms with van der Waals surface area (Å²) in [6, 6.07) is 0. The molecule has 0 saturated heterocycles. The lowest BCUT2D eigenvalue weighted by Gasteiger charge is -1.88. The molecule has 0 amide bonds. The van der Waals surface area contributed by atoms with E-state index in [1.807, 2.05) is 0 Å². The van der Waals surface area contributed by atoms with Crippen LogP contribution in [0.15, 0.2) is 0 Å². The molecule has 8 heavy (non-hydrogen) atoms. The first-order chi connectivity index (χ1) is 3.66. The molecule has 1 N–H and O–H groups in total. The van der Waals surface area contributed by atoms with Crippen molar-refractivity contribution in [3.63, 3.8) is 0 Å². The number of carbonyl (C=O) groups is 1. The lowest BCUT2D eigenvalue weighted by Crippen LogP contribution is -1.97. The lowest BCUT2D eigenvalue weighted by atomic mass is 10.8. The monoisotopic (exact) mass is 136 g/mol. The zero-order chi connectivity index (χ0) is 6.57. The first-order valence-corrected chi connectivity index (χ1v) is 4.22. The number of hydrogen-bond acceptors (Lipinski definition) is 2. The molecular weight excluding hydrogens is 127 g/mol. The number of rotatable bonds is 3. The maximum Gasteiger partial charge on any atom is 0.310 e. The first kappa shape index (κ1) is 7.70. The third-order valence-corrected chi connectivity index (χ3v) is 2.23. The van der Waals surface area contributed by atoms with E-state index in [0.717, 1.165) is 0 Å². The van der Waals surface area contributed by atoms with Crippen LogP contribution in [0.25, 0.3) is 0 Å². The van der Waals surface area contributed by atoms with Crippen LogP contribution in [-0.2, 0) is 9.36 Å². The zero-order valence-corrected chi connectivity index (χ0v) is 5.68. The van der Waals surface area contributed by atoms with Crippen LogP contribution < -0.4 is 0 Å². The highest BCUT2D eigenvalue weighted by Gasteiger charge is 2.00. The molecule has 0 aliphatic rings. The molecule has 0 spiro atoms. The quantitative estimate of drug-likeness (QED) is 0.579. The largest absolute Gasteiger partial charge is 0.481 e. The molecule has 0 bridgehead atoms. The van der Waals surface area contributed by atoms with Crippen molar-refractivity contribution in [1.29, 1.82) is 0 Å². The third-order valence-electron chi connectivity index (χ3n) is 0.743. The summed E-state index contributed by atoms with van der Waals surface area (Å²) in [5, 5.41) is 8.04. The van der Waals surface area contributed by atoms with E-state index >= 15 is 0 Å². The van der Waals surface area contributed by atoms with Gasteiger partial charge >= 0.3 is 5.97 Å². The molecule has 0 saturated carbocycles. The molecule has 0 aromatic heterocycles. The van der Waals surface area contributed by atoms with E-state index in [1.165, 1.54) is 0 Å². The van der Waals surface area contributed by atoms with E-state index in [2.05, 4.69) is 0 Å². The Kier molecular flexibility index (Phi) is 3.53. The fourth-order valence-corrected chi connectivity index (χ4v) is 0.881. The van der Waals surface area contributed by atoms with Crippen molar-refractivity contribution in [2.75, 3.05) is 12.3 Å². The Bertz CT molecular complexity index is 110. The molecule has 3 nitrogen and oxygen atoms in total. The van der Waals surface area contributed by atoms with Crippen molar-refractivity contribution in [1.82, 2.24) is 0 Å². The second kappa shape index (κ2) is 3.67. The molecule has 0 radical (unpaired) electrons. The highest BCUT2D eigenvalue weighted by atomic mass is 31.1. The Morgan fingerprint density at radius 3 is 2.38 bits per heavy atom. The average molecular weight is 136 g/mol. The molecule has 0 aromatic carbocycles. The van der Waals surface area contributed by atoms with Crippen LogP contribution in [0.1, 0.15) is 6.92 Å². The van der Waals surface area contributed by atoms with E-state index in [0.29, 0.717) is 6.16 Å². The predicted molar refractivity (Wildman–Crippen MR) is 32.0 cm³/mol. The van der Waals surface area contributed by atoms with Gasteiger partial charge < -0.3 is 9.67 Å². The van der Waals surface area contributed by atoms with Gasteiger partial charge in [-0.1, -0.05) is 6.92 Å². The van der Waals surface area contributed by atoms with E-state index in [1.54, 1.807) is 6.92 Å². The van der Waals surface area contributed by atoms with Crippen LogP contribution in [0.4, 0.5) is 0 Å². The van der Waals surface area contributed by atoms with Gasteiger partial charge in [0.05, 0.1) is 14.0 Å². The van der Waals surface area contributed by atoms with Gasteiger partial charge in [0.2, 0.25) is 0 Å². The molecule has 0 fully saturated rings. The Morgan fingerprint density at radius 1 is 1.75 bits per heavy atom. The van der Waals surface area contributed by atoms with Crippen LogP contribution in [0.2, 0.25) is 0 Å². The van der Waals surface area contributed by atoms with Gasteiger partial charge in [-0.05, 0) is 6.16 Å². The second-order valence-corrected chi connectivity index (χ2v) is 3.60. The Labute approximate surface area is 48.5 Å². The number of carboxylic acids is 1. The first-order valence-electron chi connectivity index (χ1n) is 2.40. The van der Waals surface area contributed by atoms with Crippen LogP contribution in [0.5, 0.6) is 0 Å². The van der Waals surface area contributed by atoms with Gasteiger partial charge in [0.15, 0.2) is 0 Å². The zero-order valence-electron chi connectivity index (χ0n) is 4.68. The fraction of sp³-hybridized carbons (Fsp3) is 0.750. The van der Waals surface area contributed by atoms with Gasteiger partial charge in [0, 0.05) is 0 Å². The van der Waals surface area contributed by atoms with E-state index in [9.17, 15) is 9.36 Å². The summed E-state index contributed by atoms with van der Waals surface area (Å²) in [7, 11) is -1.78. The Balaban J connectivity index is 3.40. The smallest absolute Gasteiger partial charge is 0.310 e. The van der Waals surface area contributed by atoms with Gasteiger partial charge in [-0.3, -0.25) is 4.79 Å². The summed E-state index contributed by atoms with van der Waals surface area (Å²) >= 11 is 0. The predicted octanol–water partition coefficient (Wildman–Crippen LogP) is 0.651. The number of carboxylic acid groups (broad SMARTS) is 1. The summed E-state index contributed by atoms with van der Waals surface area (Å²) in [6.45, 7) is 1.73. The number of hydrogen-bond donors (Lipinski definition) is 1. The van der Waals surface area contributed by atoms with E-state index in [4.69, 9.17) is 5.11 Å². The average Bonchev–Trinajstić information content (AvgIpc) is 1.65.